The van der Waals surface area contributed by atoms with Crippen molar-refractivity contribution in [2.24, 2.45) is 0 Å². The quantitative estimate of drug-likeness (QED) is 0.593. The van der Waals surface area contributed by atoms with Crippen molar-refractivity contribution in [2.75, 3.05) is 5.32 Å². The van der Waals surface area contributed by atoms with E-state index in [0.717, 1.165) is 11.4 Å². The molecule has 1 aliphatic heterocycles. The molecule has 3 amide bonds. The first kappa shape index (κ1) is 22.1. The molecule has 0 bridgehead atoms. The van der Waals surface area contributed by atoms with Crippen LogP contribution in [-0.4, -0.2) is 38.1 Å². The summed E-state index contributed by atoms with van der Waals surface area (Å²) < 4.78 is 5.69. The number of hydrogen-bond acceptors (Lipinski definition) is 6. The summed E-state index contributed by atoms with van der Waals surface area (Å²) in [6.45, 7) is 9.11. The zero-order chi connectivity index (χ0) is 23.9. The number of aryl methyl sites for hydroxylation is 2. The number of benzene rings is 2. The molecule has 8 heteroatoms. The molecule has 0 radical (unpaired) electrons. The molecule has 0 saturated heterocycles. The largest absolute Gasteiger partial charge is 0.424 e. The van der Waals surface area contributed by atoms with E-state index in [4.69, 9.17) is 4.74 Å². The molecule has 0 saturated carbocycles. The molecule has 1 aliphatic rings. The molecule has 33 heavy (non-hydrogen) atoms. The number of carbonyl (C=O) groups excluding carboxylic acids is 3. The van der Waals surface area contributed by atoms with Gasteiger partial charge < -0.3 is 10.1 Å². The summed E-state index contributed by atoms with van der Waals surface area (Å²) in [6.07, 6.45) is 0. The standard InChI is InChI=1S/C25H24N4O4/c1-14-12-15(2)27-24(26-14)33-18-9-7-17(8-10-18)28-21(30)16-6-11-19-20(13-16)23(32)29(22(19)31)25(3,4)5/h6-13H,1-5H3,(H,28,30). The normalized spacial score (nSPS) is 13.2. The lowest BCUT2D eigenvalue weighted by Crippen LogP contribution is -2.45. The number of nitrogens with one attached hydrogen (secondary N) is 1. The van der Waals surface area contributed by atoms with Crippen LogP contribution in [0.2, 0.25) is 0 Å². The van der Waals surface area contributed by atoms with Crippen LogP contribution in [0.25, 0.3) is 0 Å². The number of nitrogens with zero attached hydrogens (tertiary/aromatic N) is 3. The van der Waals surface area contributed by atoms with Crippen LogP contribution in [-0.2, 0) is 0 Å². The third kappa shape index (κ3) is 4.45. The second-order valence-corrected chi connectivity index (χ2v) is 8.89. The van der Waals surface area contributed by atoms with Gasteiger partial charge >= 0.3 is 6.01 Å². The van der Waals surface area contributed by atoms with Crippen LogP contribution in [0.1, 0.15) is 63.2 Å². The SMILES string of the molecule is Cc1cc(C)nc(Oc2ccc(NC(=O)c3ccc4c(c3)C(=O)N(C(C)(C)C)C4=O)cc2)n1. The Hall–Kier alpha value is -4.07. The fraction of sp³-hybridized carbons (Fsp3) is 0.240. The predicted octanol–water partition coefficient (Wildman–Crippen LogP) is 4.53. The van der Waals surface area contributed by atoms with Gasteiger partial charge in [-0.05, 0) is 83.1 Å². The van der Waals surface area contributed by atoms with E-state index >= 15 is 0 Å². The topological polar surface area (TPSA) is 101 Å². The van der Waals surface area contributed by atoms with E-state index in [1.54, 1.807) is 51.1 Å². The maximum atomic E-state index is 12.8. The molecule has 1 N–H and O–H groups in total. The number of imide groups is 1. The fourth-order valence-electron chi connectivity index (χ4n) is 3.65. The Kier molecular flexibility index (Phi) is 5.45. The third-order valence-corrected chi connectivity index (χ3v) is 5.10. The van der Waals surface area contributed by atoms with Crippen molar-refractivity contribution in [1.82, 2.24) is 14.9 Å². The number of hydrogen-bond donors (Lipinski definition) is 1. The molecule has 1 aromatic heterocycles. The summed E-state index contributed by atoms with van der Waals surface area (Å²) in [7, 11) is 0. The molecule has 4 rings (SSSR count). The minimum atomic E-state index is -0.651. The van der Waals surface area contributed by atoms with Crippen molar-refractivity contribution >= 4 is 23.4 Å². The summed E-state index contributed by atoms with van der Waals surface area (Å²) in [5.41, 5.74) is 2.34. The second kappa shape index (κ2) is 8.12. The first-order chi connectivity index (χ1) is 15.5. The van der Waals surface area contributed by atoms with Crippen LogP contribution in [0.5, 0.6) is 11.8 Å². The van der Waals surface area contributed by atoms with E-state index in [2.05, 4.69) is 15.3 Å². The van der Waals surface area contributed by atoms with Crippen LogP contribution < -0.4 is 10.1 Å². The number of rotatable bonds is 4. The lowest BCUT2D eigenvalue weighted by atomic mass is 10.1. The second-order valence-electron chi connectivity index (χ2n) is 8.89. The van der Waals surface area contributed by atoms with Gasteiger partial charge in [-0.3, -0.25) is 19.3 Å². The minimum absolute atomic E-state index is 0.236. The summed E-state index contributed by atoms with van der Waals surface area (Å²) in [5, 5.41) is 2.79. The monoisotopic (exact) mass is 444 g/mol. The average molecular weight is 444 g/mol. The smallest absolute Gasteiger partial charge is 0.322 e. The molecule has 2 aromatic carbocycles. The van der Waals surface area contributed by atoms with Gasteiger partial charge in [0.2, 0.25) is 0 Å². The fourth-order valence-corrected chi connectivity index (χ4v) is 3.65. The van der Waals surface area contributed by atoms with E-state index in [9.17, 15) is 14.4 Å². The summed E-state index contributed by atoms with van der Waals surface area (Å²) in [5.74, 6) is -0.606. The van der Waals surface area contributed by atoms with Crippen LogP contribution in [0, 0.1) is 13.8 Å². The van der Waals surface area contributed by atoms with Gasteiger partial charge in [0.15, 0.2) is 0 Å². The van der Waals surface area contributed by atoms with E-state index in [-0.39, 0.29) is 23.0 Å². The highest BCUT2D eigenvalue weighted by Gasteiger charge is 2.42. The zero-order valence-corrected chi connectivity index (χ0v) is 19.1. The Bertz CT molecular complexity index is 1260. The Morgan fingerprint density at radius 2 is 1.48 bits per heavy atom. The summed E-state index contributed by atoms with van der Waals surface area (Å²) in [6, 6.07) is 13.4. The number of amides is 3. The molecule has 0 fully saturated rings. The maximum Gasteiger partial charge on any atom is 0.322 e. The maximum absolute atomic E-state index is 12.8. The number of carbonyl (C=O) groups is 3. The van der Waals surface area contributed by atoms with Gasteiger partial charge in [-0.2, -0.15) is 0 Å². The molecule has 0 spiro atoms. The van der Waals surface area contributed by atoms with Gasteiger partial charge in [0.1, 0.15) is 5.75 Å². The van der Waals surface area contributed by atoms with Crippen molar-refractivity contribution < 1.29 is 19.1 Å². The first-order valence-electron chi connectivity index (χ1n) is 10.5. The average Bonchev–Trinajstić information content (AvgIpc) is 2.98. The number of anilines is 1. The molecule has 0 atom stereocenters. The van der Waals surface area contributed by atoms with E-state index < -0.39 is 17.4 Å². The molecule has 0 aliphatic carbocycles. The van der Waals surface area contributed by atoms with E-state index in [1.165, 1.54) is 17.0 Å². The third-order valence-electron chi connectivity index (χ3n) is 5.10. The van der Waals surface area contributed by atoms with Gasteiger partial charge in [0.25, 0.3) is 17.7 Å². The molecule has 3 aromatic rings. The van der Waals surface area contributed by atoms with Gasteiger partial charge in [0, 0.05) is 28.2 Å². The zero-order valence-electron chi connectivity index (χ0n) is 19.1. The van der Waals surface area contributed by atoms with Crippen molar-refractivity contribution in [2.45, 2.75) is 40.2 Å². The Labute approximate surface area is 191 Å². The van der Waals surface area contributed by atoms with Gasteiger partial charge in [-0.15, -0.1) is 0 Å². The lowest BCUT2D eigenvalue weighted by molar-refractivity contribution is 0.0507. The van der Waals surface area contributed by atoms with Crippen molar-refractivity contribution in [3.05, 3.63) is 76.6 Å². The Morgan fingerprint density at radius 3 is 2.09 bits per heavy atom. The molecule has 168 valence electrons. The van der Waals surface area contributed by atoms with E-state index in [1.807, 2.05) is 19.9 Å². The minimum Gasteiger partial charge on any atom is -0.424 e. The number of ether oxygens (including phenoxy) is 1. The molecular weight excluding hydrogens is 420 g/mol. The van der Waals surface area contributed by atoms with Crippen LogP contribution in [0.4, 0.5) is 5.69 Å². The van der Waals surface area contributed by atoms with Crippen molar-refractivity contribution in [1.29, 1.82) is 0 Å². The highest BCUT2D eigenvalue weighted by atomic mass is 16.5. The highest BCUT2D eigenvalue weighted by Crippen LogP contribution is 2.30. The van der Waals surface area contributed by atoms with Crippen LogP contribution in [0.15, 0.2) is 48.5 Å². The molecule has 2 heterocycles. The Morgan fingerprint density at radius 1 is 0.879 bits per heavy atom. The van der Waals surface area contributed by atoms with Gasteiger partial charge in [-0.1, -0.05) is 0 Å². The lowest BCUT2D eigenvalue weighted by Gasteiger charge is -2.29. The summed E-state index contributed by atoms with van der Waals surface area (Å²) in [4.78, 5) is 47.8. The predicted molar refractivity (Wildman–Crippen MR) is 123 cm³/mol. The first-order valence-corrected chi connectivity index (χ1v) is 10.5. The van der Waals surface area contributed by atoms with Gasteiger partial charge in [0.05, 0.1) is 11.1 Å². The van der Waals surface area contributed by atoms with Crippen molar-refractivity contribution in [3.8, 4) is 11.8 Å². The number of aromatic nitrogens is 2. The molecule has 0 unspecified atom stereocenters. The molecular formula is C25H24N4O4. The number of fused-ring (bicyclic) bond motifs is 1. The van der Waals surface area contributed by atoms with Crippen LogP contribution in [0.3, 0.4) is 0 Å². The molecule has 8 nitrogen and oxygen atoms in total. The van der Waals surface area contributed by atoms with Crippen LogP contribution >= 0.6 is 0 Å². The van der Waals surface area contributed by atoms with Gasteiger partial charge in [-0.25, -0.2) is 9.97 Å². The Balaban J connectivity index is 1.48. The van der Waals surface area contributed by atoms with Crippen molar-refractivity contribution in [3.63, 3.8) is 0 Å². The summed E-state index contributed by atoms with van der Waals surface area (Å²) >= 11 is 0. The highest BCUT2D eigenvalue weighted by molar-refractivity contribution is 6.22. The van der Waals surface area contributed by atoms with E-state index in [0.29, 0.717) is 17.0 Å².